The van der Waals surface area contributed by atoms with Gasteiger partial charge >= 0.3 is 0 Å². The second kappa shape index (κ2) is 3.34. The Kier molecular flexibility index (Phi) is 2.19. The van der Waals surface area contributed by atoms with Crippen molar-refractivity contribution in [1.29, 1.82) is 0 Å². The Morgan fingerprint density at radius 1 is 1.54 bits per heavy atom. The van der Waals surface area contributed by atoms with E-state index in [9.17, 15) is 4.39 Å². The van der Waals surface area contributed by atoms with Crippen molar-refractivity contribution in [3.8, 4) is 5.75 Å². The number of hydrogen-bond acceptors (Lipinski definition) is 2. The highest BCUT2D eigenvalue weighted by atomic mass is 19.1. The van der Waals surface area contributed by atoms with E-state index in [0.717, 1.165) is 18.4 Å². The van der Waals surface area contributed by atoms with Gasteiger partial charge in [0.25, 0.3) is 0 Å². The summed E-state index contributed by atoms with van der Waals surface area (Å²) >= 11 is 0. The van der Waals surface area contributed by atoms with Crippen LogP contribution in [0, 0.1) is 5.82 Å². The van der Waals surface area contributed by atoms with Crippen molar-refractivity contribution in [2.45, 2.75) is 18.9 Å². The zero-order chi connectivity index (χ0) is 9.26. The van der Waals surface area contributed by atoms with E-state index in [2.05, 4.69) is 0 Å². The number of aliphatic hydroxyl groups excluding tert-OH is 1. The van der Waals surface area contributed by atoms with Gasteiger partial charge in [-0.1, -0.05) is 0 Å². The van der Waals surface area contributed by atoms with Crippen LogP contribution in [-0.2, 0) is 6.42 Å². The van der Waals surface area contributed by atoms with E-state index in [0.29, 0.717) is 5.75 Å². The normalized spacial score (nSPS) is 20.6. The average Bonchev–Trinajstić information content (AvgIpc) is 2.17. The topological polar surface area (TPSA) is 29.5 Å². The third-order valence-corrected chi connectivity index (χ3v) is 2.26. The molecule has 0 amide bonds. The minimum absolute atomic E-state index is 0.0246. The molecule has 70 valence electrons. The van der Waals surface area contributed by atoms with Crippen LogP contribution >= 0.6 is 0 Å². The largest absolute Gasteiger partial charge is 0.488 e. The average molecular weight is 182 g/mol. The van der Waals surface area contributed by atoms with Gasteiger partial charge < -0.3 is 9.84 Å². The lowest BCUT2D eigenvalue weighted by Crippen LogP contribution is -2.26. The van der Waals surface area contributed by atoms with E-state index >= 15 is 0 Å². The summed E-state index contributed by atoms with van der Waals surface area (Å²) in [6.45, 7) is 0.0246. The molecule has 1 N–H and O–H groups in total. The molecule has 1 atom stereocenters. The number of aryl methyl sites for hydroxylation is 1. The van der Waals surface area contributed by atoms with Crippen LogP contribution in [0.25, 0.3) is 0 Å². The van der Waals surface area contributed by atoms with Gasteiger partial charge in [-0.05, 0) is 36.6 Å². The molecule has 1 aliphatic heterocycles. The maximum atomic E-state index is 12.8. The molecule has 2 rings (SSSR count). The Bertz CT molecular complexity index is 312. The number of rotatable bonds is 1. The summed E-state index contributed by atoms with van der Waals surface area (Å²) in [5.41, 5.74) is 0.893. The van der Waals surface area contributed by atoms with Gasteiger partial charge in [0, 0.05) is 0 Å². The predicted molar refractivity (Wildman–Crippen MR) is 46.2 cm³/mol. The predicted octanol–water partition coefficient (Wildman–Crippen LogP) is 1.51. The first-order valence-electron chi connectivity index (χ1n) is 4.35. The number of fused-ring (bicyclic) bond motifs is 1. The summed E-state index contributed by atoms with van der Waals surface area (Å²) < 4.78 is 18.2. The number of benzene rings is 1. The molecule has 1 aliphatic rings. The first-order chi connectivity index (χ1) is 6.29. The Morgan fingerprint density at radius 3 is 3.15 bits per heavy atom. The first-order valence-corrected chi connectivity index (χ1v) is 4.35. The van der Waals surface area contributed by atoms with Crippen LogP contribution in [0.4, 0.5) is 4.39 Å². The fourth-order valence-electron chi connectivity index (χ4n) is 1.54. The van der Waals surface area contributed by atoms with Crippen molar-refractivity contribution >= 4 is 0 Å². The van der Waals surface area contributed by atoms with Gasteiger partial charge in [-0.25, -0.2) is 4.39 Å². The number of hydrogen-bond donors (Lipinski definition) is 1. The minimum atomic E-state index is -0.232. The van der Waals surface area contributed by atoms with E-state index < -0.39 is 0 Å². The summed E-state index contributed by atoms with van der Waals surface area (Å²) in [7, 11) is 0. The molecule has 0 aliphatic carbocycles. The summed E-state index contributed by atoms with van der Waals surface area (Å²) in [5, 5.41) is 8.87. The van der Waals surface area contributed by atoms with E-state index in [1.807, 2.05) is 0 Å². The van der Waals surface area contributed by atoms with Crippen LogP contribution in [0.15, 0.2) is 18.2 Å². The summed E-state index contributed by atoms with van der Waals surface area (Å²) in [4.78, 5) is 0. The zero-order valence-electron chi connectivity index (χ0n) is 7.16. The Balaban J connectivity index is 2.26. The smallest absolute Gasteiger partial charge is 0.123 e. The monoisotopic (exact) mass is 182 g/mol. The number of halogens is 1. The molecular formula is C10H11FO2. The molecule has 1 aromatic carbocycles. The van der Waals surface area contributed by atoms with E-state index in [4.69, 9.17) is 9.84 Å². The lowest BCUT2D eigenvalue weighted by molar-refractivity contribution is 0.0976. The quantitative estimate of drug-likeness (QED) is 0.713. The molecule has 0 saturated heterocycles. The summed E-state index contributed by atoms with van der Waals surface area (Å²) in [5.74, 6) is 0.469. The summed E-state index contributed by atoms with van der Waals surface area (Å²) in [6.07, 6.45) is 1.41. The molecule has 0 spiro atoms. The zero-order valence-corrected chi connectivity index (χ0v) is 7.16. The molecule has 13 heavy (non-hydrogen) atoms. The van der Waals surface area contributed by atoms with Crippen LogP contribution < -0.4 is 4.74 Å². The molecule has 2 nitrogen and oxygen atoms in total. The van der Waals surface area contributed by atoms with Crippen LogP contribution in [0.3, 0.4) is 0 Å². The fraction of sp³-hybridized carbons (Fsp3) is 0.400. The van der Waals surface area contributed by atoms with Crippen molar-refractivity contribution in [3.05, 3.63) is 29.6 Å². The lowest BCUT2D eigenvalue weighted by atomic mass is 10.0. The minimum Gasteiger partial charge on any atom is -0.488 e. The SMILES string of the molecule is OCC1CCc2cc(F)ccc2O1. The van der Waals surface area contributed by atoms with Gasteiger partial charge in [0.15, 0.2) is 0 Å². The van der Waals surface area contributed by atoms with Crippen molar-refractivity contribution in [2.24, 2.45) is 0 Å². The second-order valence-electron chi connectivity index (χ2n) is 3.21. The van der Waals surface area contributed by atoms with E-state index in [-0.39, 0.29) is 18.5 Å². The van der Waals surface area contributed by atoms with Gasteiger partial charge in [0.1, 0.15) is 17.7 Å². The van der Waals surface area contributed by atoms with Gasteiger partial charge in [-0.2, -0.15) is 0 Å². The Labute approximate surface area is 76.0 Å². The third kappa shape index (κ3) is 1.65. The van der Waals surface area contributed by atoms with Gasteiger partial charge in [0.2, 0.25) is 0 Å². The van der Waals surface area contributed by atoms with Crippen LogP contribution in [0.2, 0.25) is 0 Å². The second-order valence-corrected chi connectivity index (χ2v) is 3.21. The highest BCUT2D eigenvalue weighted by Crippen LogP contribution is 2.27. The van der Waals surface area contributed by atoms with Crippen LogP contribution in [-0.4, -0.2) is 17.8 Å². The molecular weight excluding hydrogens is 171 g/mol. The molecule has 0 aromatic heterocycles. The molecule has 1 heterocycles. The van der Waals surface area contributed by atoms with Crippen LogP contribution in [0.1, 0.15) is 12.0 Å². The standard InChI is InChI=1S/C10H11FO2/c11-8-2-4-10-7(5-8)1-3-9(6-12)13-10/h2,4-5,9,12H,1,3,6H2. The van der Waals surface area contributed by atoms with Crippen LogP contribution in [0.5, 0.6) is 5.75 Å². The summed E-state index contributed by atoms with van der Waals surface area (Å²) in [6, 6.07) is 4.48. The Morgan fingerprint density at radius 2 is 2.38 bits per heavy atom. The van der Waals surface area contributed by atoms with Crippen molar-refractivity contribution in [3.63, 3.8) is 0 Å². The number of aliphatic hydroxyl groups is 1. The maximum absolute atomic E-state index is 12.8. The van der Waals surface area contributed by atoms with Crippen molar-refractivity contribution in [2.75, 3.05) is 6.61 Å². The van der Waals surface area contributed by atoms with Gasteiger partial charge in [-0.3, -0.25) is 0 Å². The van der Waals surface area contributed by atoms with Gasteiger partial charge in [0.05, 0.1) is 6.61 Å². The molecule has 1 aromatic rings. The molecule has 0 fully saturated rings. The maximum Gasteiger partial charge on any atom is 0.123 e. The lowest BCUT2D eigenvalue weighted by Gasteiger charge is -2.24. The van der Waals surface area contributed by atoms with Crippen molar-refractivity contribution in [1.82, 2.24) is 0 Å². The van der Waals surface area contributed by atoms with E-state index in [1.165, 1.54) is 12.1 Å². The highest BCUT2D eigenvalue weighted by Gasteiger charge is 2.18. The Hall–Kier alpha value is -1.09. The van der Waals surface area contributed by atoms with Crippen molar-refractivity contribution < 1.29 is 14.2 Å². The third-order valence-electron chi connectivity index (χ3n) is 2.26. The molecule has 0 saturated carbocycles. The molecule has 0 bridgehead atoms. The molecule has 1 unspecified atom stereocenters. The number of ether oxygens (including phenoxy) is 1. The highest BCUT2D eigenvalue weighted by molar-refractivity contribution is 5.35. The fourth-order valence-corrected chi connectivity index (χ4v) is 1.54. The first kappa shape index (κ1) is 8.51. The molecule has 0 radical (unpaired) electrons. The van der Waals surface area contributed by atoms with Gasteiger partial charge in [-0.15, -0.1) is 0 Å². The van der Waals surface area contributed by atoms with E-state index in [1.54, 1.807) is 6.07 Å². The molecule has 3 heteroatoms.